The molecule has 4 nitrogen and oxygen atoms in total. The van der Waals surface area contributed by atoms with Gasteiger partial charge < -0.3 is 10.6 Å². The largest absolute Gasteiger partial charge is 0.364 e. The van der Waals surface area contributed by atoms with Gasteiger partial charge in [-0.25, -0.2) is 0 Å². The molecule has 1 aliphatic heterocycles. The highest BCUT2D eigenvalue weighted by Crippen LogP contribution is 2.43. The summed E-state index contributed by atoms with van der Waals surface area (Å²) in [5.41, 5.74) is 1.25. The molecule has 1 aliphatic carbocycles. The number of aromatic nitrogens is 2. The topological polar surface area (TPSA) is 49.8 Å². The second-order valence-corrected chi connectivity index (χ2v) is 5.32. The molecular formula is C12H17ClN4. The Kier molecular flexibility index (Phi) is 3.16. The molecule has 5 heteroatoms. The minimum absolute atomic E-state index is 0.469. The minimum atomic E-state index is 0.469. The Balaban J connectivity index is 1.76. The first-order chi connectivity index (χ1) is 8.33. The zero-order valence-corrected chi connectivity index (χ0v) is 10.5. The standard InChI is InChI=1S/C12H17ClN4/c13-11-6-10(8-3-4-8)12(17-16-11)15-9-2-1-5-14-7-9/h6,8-9,14H,1-5,7H2,(H,15,17)/t9-/m1/s1. The maximum absolute atomic E-state index is 5.92. The van der Waals surface area contributed by atoms with Crippen LogP contribution in [0.4, 0.5) is 5.82 Å². The maximum atomic E-state index is 5.92. The molecule has 92 valence electrons. The molecule has 0 bridgehead atoms. The summed E-state index contributed by atoms with van der Waals surface area (Å²) in [6.07, 6.45) is 4.91. The summed E-state index contributed by atoms with van der Waals surface area (Å²) >= 11 is 5.92. The fourth-order valence-electron chi connectivity index (χ4n) is 2.37. The Morgan fingerprint density at radius 2 is 2.18 bits per heavy atom. The molecule has 2 N–H and O–H groups in total. The lowest BCUT2D eigenvalue weighted by molar-refractivity contribution is 0.478. The number of rotatable bonds is 3. The van der Waals surface area contributed by atoms with Crippen molar-refractivity contribution in [1.82, 2.24) is 15.5 Å². The van der Waals surface area contributed by atoms with Gasteiger partial charge in [0.25, 0.3) is 0 Å². The van der Waals surface area contributed by atoms with Gasteiger partial charge in [-0.1, -0.05) is 11.6 Å². The van der Waals surface area contributed by atoms with E-state index in [9.17, 15) is 0 Å². The van der Waals surface area contributed by atoms with E-state index in [0.717, 1.165) is 18.9 Å². The molecule has 0 spiro atoms. The van der Waals surface area contributed by atoms with Gasteiger partial charge in [0.2, 0.25) is 0 Å². The monoisotopic (exact) mass is 252 g/mol. The van der Waals surface area contributed by atoms with Crippen LogP contribution < -0.4 is 10.6 Å². The summed E-state index contributed by atoms with van der Waals surface area (Å²) in [5.74, 6) is 1.58. The van der Waals surface area contributed by atoms with Crippen LogP contribution in [0.3, 0.4) is 0 Å². The average Bonchev–Trinajstić information content (AvgIpc) is 3.17. The summed E-state index contributed by atoms with van der Waals surface area (Å²) in [4.78, 5) is 0. The van der Waals surface area contributed by atoms with Crippen molar-refractivity contribution in [2.45, 2.75) is 37.6 Å². The Morgan fingerprint density at radius 1 is 1.29 bits per heavy atom. The minimum Gasteiger partial charge on any atom is -0.364 e. The van der Waals surface area contributed by atoms with E-state index in [-0.39, 0.29) is 0 Å². The average molecular weight is 253 g/mol. The molecule has 2 fully saturated rings. The summed E-state index contributed by atoms with van der Waals surface area (Å²) in [5, 5.41) is 15.6. The lowest BCUT2D eigenvalue weighted by Crippen LogP contribution is -2.38. The number of piperidine rings is 1. The van der Waals surface area contributed by atoms with Gasteiger partial charge in [0, 0.05) is 18.2 Å². The summed E-state index contributed by atoms with van der Waals surface area (Å²) in [7, 11) is 0. The van der Waals surface area contributed by atoms with Crippen LogP contribution in [0.2, 0.25) is 5.15 Å². The fourth-order valence-corrected chi connectivity index (χ4v) is 2.52. The van der Waals surface area contributed by atoms with E-state index in [4.69, 9.17) is 11.6 Å². The van der Waals surface area contributed by atoms with Gasteiger partial charge in [-0.15, -0.1) is 10.2 Å². The van der Waals surface area contributed by atoms with Gasteiger partial charge >= 0.3 is 0 Å². The number of anilines is 1. The van der Waals surface area contributed by atoms with Crippen LogP contribution in [-0.2, 0) is 0 Å². The molecule has 1 aromatic heterocycles. The van der Waals surface area contributed by atoms with Crippen LogP contribution in [0.5, 0.6) is 0 Å². The van der Waals surface area contributed by atoms with Crippen LogP contribution in [0, 0.1) is 0 Å². The van der Waals surface area contributed by atoms with Crippen molar-refractivity contribution >= 4 is 17.4 Å². The van der Waals surface area contributed by atoms with Gasteiger partial charge in [0.05, 0.1) is 0 Å². The molecule has 1 aromatic rings. The van der Waals surface area contributed by atoms with Crippen molar-refractivity contribution in [1.29, 1.82) is 0 Å². The summed E-state index contributed by atoms with van der Waals surface area (Å²) in [6, 6.07) is 2.43. The van der Waals surface area contributed by atoms with E-state index in [1.165, 1.54) is 31.2 Å². The Bertz CT molecular complexity index is 399. The fraction of sp³-hybridized carbons (Fsp3) is 0.667. The zero-order chi connectivity index (χ0) is 11.7. The zero-order valence-electron chi connectivity index (χ0n) is 9.75. The summed E-state index contributed by atoms with van der Waals surface area (Å²) in [6.45, 7) is 2.13. The van der Waals surface area contributed by atoms with E-state index < -0.39 is 0 Å². The highest BCUT2D eigenvalue weighted by molar-refractivity contribution is 6.29. The Hall–Kier alpha value is -0.870. The smallest absolute Gasteiger partial charge is 0.152 e. The molecular weight excluding hydrogens is 236 g/mol. The molecule has 0 unspecified atom stereocenters. The van der Waals surface area contributed by atoms with Gasteiger partial charge in [-0.05, 0) is 44.2 Å². The molecule has 1 saturated heterocycles. The van der Waals surface area contributed by atoms with Crippen LogP contribution in [-0.4, -0.2) is 29.3 Å². The van der Waals surface area contributed by atoms with Crippen molar-refractivity contribution in [2.75, 3.05) is 18.4 Å². The number of nitrogens with one attached hydrogen (secondary N) is 2. The van der Waals surface area contributed by atoms with Crippen molar-refractivity contribution in [3.63, 3.8) is 0 Å². The molecule has 1 saturated carbocycles. The second-order valence-electron chi connectivity index (χ2n) is 4.93. The SMILES string of the molecule is Clc1cc(C2CC2)c(N[C@@H]2CCCNC2)nn1. The van der Waals surface area contributed by atoms with Crippen LogP contribution in [0.1, 0.15) is 37.2 Å². The maximum Gasteiger partial charge on any atom is 0.152 e. The predicted octanol–water partition coefficient (Wildman–Crippen LogP) is 2.17. The molecule has 0 amide bonds. The third-order valence-electron chi connectivity index (χ3n) is 3.45. The van der Waals surface area contributed by atoms with Crippen molar-refractivity contribution in [3.8, 4) is 0 Å². The molecule has 2 aliphatic rings. The molecule has 1 atom stereocenters. The molecule has 3 rings (SSSR count). The van der Waals surface area contributed by atoms with E-state index in [2.05, 4.69) is 20.8 Å². The second kappa shape index (κ2) is 4.78. The highest BCUT2D eigenvalue weighted by atomic mass is 35.5. The third-order valence-corrected chi connectivity index (χ3v) is 3.63. The first-order valence-electron chi connectivity index (χ1n) is 6.33. The Labute approximate surface area is 106 Å². The van der Waals surface area contributed by atoms with Crippen molar-refractivity contribution in [3.05, 3.63) is 16.8 Å². The Morgan fingerprint density at radius 3 is 2.88 bits per heavy atom. The van der Waals surface area contributed by atoms with Gasteiger partial charge in [-0.2, -0.15) is 0 Å². The lowest BCUT2D eigenvalue weighted by Gasteiger charge is -2.25. The van der Waals surface area contributed by atoms with Crippen molar-refractivity contribution in [2.24, 2.45) is 0 Å². The van der Waals surface area contributed by atoms with E-state index in [1.807, 2.05) is 6.07 Å². The number of halogens is 1. The van der Waals surface area contributed by atoms with Gasteiger partial charge in [0.1, 0.15) is 0 Å². The predicted molar refractivity (Wildman–Crippen MR) is 68.5 cm³/mol. The van der Waals surface area contributed by atoms with Crippen LogP contribution >= 0.6 is 11.6 Å². The number of nitrogens with zero attached hydrogens (tertiary/aromatic N) is 2. The normalized spacial score (nSPS) is 24.6. The molecule has 17 heavy (non-hydrogen) atoms. The first kappa shape index (κ1) is 11.2. The lowest BCUT2D eigenvalue weighted by atomic mass is 10.1. The number of hydrogen-bond acceptors (Lipinski definition) is 4. The van der Waals surface area contributed by atoms with E-state index in [1.54, 1.807) is 0 Å². The molecule has 0 radical (unpaired) electrons. The van der Waals surface area contributed by atoms with E-state index in [0.29, 0.717) is 17.1 Å². The van der Waals surface area contributed by atoms with E-state index >= 15 is 0 Å². The first-order valence-corrected chi connectivity index (χ1v) is 6.71. The summed E-state index contributed by atoms with van der Waals surface area (Å²) < 4.78 is 0. The highest BCUT2D eigenvalue weighted by Gasteiger charge is 2.28. The van der Waals surface area contributed by atoms with Crippen LogP contribution in [0.25, 0.3) is 0 Å². The van der Waals surface area contributed by atoms with Gasteiger partial charge in [-0.3, -0.25) is 0 Å². The van der Waals surface area contributed by atoms with Gasteiger partial charge in [0.15, 0.2) is 11.0 Å². The third kappa shape index (κ3) is 2.69. The molecule has 0 aromatic carbocycles. The van der Waals surface area contributed by atoms with Crippen molar-refractivity contribution < 1.29 is 0 Å². The van der Waals surface area contributed by atoms with Crippen LogP contribution in [0.15, 0.2) is 6.07 Å². The quantitative estimate of drug-likeness (QED) is 0.866. The number of hydrogen-bond donors (Lipinski definition) is 2. The molecule has 2 heterocycles.